The summed E-state index contributed by atoms with van der Waals surface area (Å²) in [6, 6.07) is 3.94. The molecule has 2 fully saturated rings. The number of rotatable bonds is 4. The molecule has 0 amide bonds. The number of aryl methyl sites for hydroxylation is 2. The molecule has 2 aliphatic carbocycles. The maximum atomic E-state index is 14.4. The minimum atomic E-state index is -0.0370. The van der Waals surface area contributed by atoms with Crippen LogP contribution in [0.2, 0.25) is 0 Å². The van der Waals surface area contributed by atoms with Crippen LogP contribution >= 0.6 is 0 Å². The van der Waals surface area contributed by atoms with Crippen molar-refractivity contribution in [3.05, 3.63) is 34.6 Å². The van der Waals surface area contributed by atoms with Gasteiger partial charge in [0, 0.05) is 11.6 Å². The first kappa shape index (κ1) is 14.1. The van der Waals surface area contributed by atoms with Crippen molar-refractivity contribution >= 4 is 0 Å². The summed E-state index contributed by atoms with van der Waals surface area (Å²) < 4.78 is 14.4. The molecule has 0 aliphatic heterocycles. The third-order valence-electron chi connectivity index (χ3n) is 5.60. The molecule has 2 saturated carbocycles. The van der Waals surface area contributed by atoms with Gasteiger partial charge in [0.25, 0.3) is 0 Å². The fraction of sp³-hybridized carbons (Fsp3) is 0.667. The van der Waals surface area contributed by atoms with Gasteiger partial charge in [-0.2, -0.15) is 0 Å². The molecule has 0 heterocycles. The number of benzene rings is 1. The molecular weight excluding hydrogens is 249 g/mol. The molecule has 0 radical (unpaired) electrons. The van der Waals surface area contributed by atoms with Crippen LogP contribution in [0.4, 0.5) is 4.39 Å². The van der Waals surface area contributed by atoms with Crippen molar-refractivity contribution in [2.75, 3.05) is 7.05 Å². The fourth-order valence-corrected chi connectivity index (χ4v) is 4.72. The van der Waals surface area contributed by atoms with E-state index < -0.39 is 0 Å². The highest BCUT2D eigenvalue weighted by molar-refractivity contribution is 5.34. The van der Waals surface area contributed by atoms with E-state index in [1.165, 1.54) is 25.7 Å². The van der Waals surface area contributed by atoms with Crippen molar-refractivity contribution in [2.45, 2.75) is 52.0 Å². The van der Waals surface area contributed by atoms with Crippen LogP contribution in [-0.2, 0) is 0 Å². The number of hydrogen-bond donors (Lipinski definition) is 1. The van der Waals surface area contributed by atoms with Crippen molar-refractivity contribution in [1.82, 2.24) is 5.32 Å². The van der Waals surface area contributed by atoms with Crippen molar-refractivity contribution < 1.29 is 4.39 Å². The molecule has 4 unspecified atom stereocenters. The van der Waals surface area contributed by atoms with Crippen molar-refractivity contribution in [3.63, 3.8) is 0 Å². The third-order valence-corrected chi connectivity index (χ3v) is 5.60. The Balaban J connectivity index is 1.80. The van der Waals surface area contributed by atoms with E-state index in [0.717, 1.165) is 40.9 Å². The van der Waals surface area contributed by atoms with Crippen LogP contribution in [0.5, 0.6) is 0 Å². The van der Waals surface area contributed by atoms with E-state index in [1.54, 1.807) is 6.07 Å². The van der Waals surface area contributed by atoms with Gasteiger partial charge in [0.1, 0.15) is 5.82 Å². The second-order valence-corrected chi connectivity index (χ2v) is 6.99. The van der Waals surface area contributed by atoms with E-state index in [1.807, 2.05) is 20.9 Å². The average molecular weight is 275 g/mol. The Morgan fingerprint density at radius 2 is 2.05 bits per heavy atom. The summed E-state index contributed by atoms with van der Waals surface area (Å²) in [6.07, 6.45) is 6.73. The molecule has 4 atom stereocenters. The summed E-state index contributed by atoms with van der Waals surface area (Å²) in [5.74, 6) is 2.63. The summed E-state index contributed by atoms with van der Waals surface area (Å²) in [7, 11) is 1.97. The standard InChI is InChI=1S/C18H26FN/c1-11-6-12(2)18(16(19)7-11)17(20-3)10-15-9-13-4-5-14(15)8-13/h6-7,13-15,17,20H,4-5,8-10H2,1-3H3. The smallest absolute Gasteiger partial charge is 0.128 e. The van der Waals surface area contributed by atoms with Gasteiger partial charge in [-0.3, -0.25) is 0 Å². The maximum absolute atomic E-state index is 14.4. The van der Waals surface area contributed by atoms with Crippen molar-refractivity contribution in [1.29, 1.82) is 0 Å². The van der Waals surface area contributed by atoms with E-state index in [-0.39, 0.29) is 11.9 Å². The second kappa shape index (κ2) is 5.48. The molecule has 0 aromatic heterocycles. The molecular formula is C18H26FN. The molecule has 110 valence electrons. The number of hydrogen-bond acceptors (Lipinski definition) is 1. The van der Waals surface area contributed by atoms with Crippen LogP contribution in [0.1, 0.15) is 54.8 Å². The predicted octanol–water partition coefficient (Wildman–Crippen LogP) is 4.53. The van der Waals surface area contributed by atoms with E-state index in [0.29, 0.717) is 0 Å². The predicted molar refractivity (Wildman–Crippen MR) is 81.2 cm³/mol. The summed E-state index contributed by atoms with van der Waals surface area (Å²) in [6.45, 7) is 4.00. The first-order valence-corrected chi connectivity index (χ1v) is 8.02. The normalized spacial score (nSPS) is 29.9. The monoisotopic (exact) mass is 275 g/mol. The van der Waals surface area contributed by atoms with Gasteiger partial charge in [-0.1, -0.05) is 12.5 Å². The topological polar surface area (TPSA) is 12.0 Å². The Bertz CT molecular complexity index is 473. The Morgan fingerprint density at radius 1 is 1.25 bits per heavy atom. The highest BCUT2D eigenvalue weighted by Crippen LogP contribution is 2.51. The van der Waals surface area contributed by atoms with E-state index in [2.05, 4.69) is 11.4 Å². The molecule has 0 saturated heterocycles. The lowest BCUT2D eigenvalue weighted by molar-refractivity contribution is 0.281. The largest absolute Gasteiger partial charge is 0.313 e. The zero-order chi connectivity index (χ0) is 14.3. The molecule has 2 heteroatoms. The van der Waals surface area contributed by atoms with Gasteiger partial charge in [-0.25, -0.2) is 4.39 Å². The van der Waals surface area contributed by atoms with Gasteiger partial charge in [0.2, 0.25) is 0 Å². The molecule has 3 rings (SSSR count). The zero-order valence-electron chi connectivity index (χ0n) is 12.9. The van der Waals surface area contributed by atoms with Crippen LogP contribution < -0.4 is 5.32 Å². The molecule has 0 spiro atoms. The molecule has 20 heavy (non-hydrogen) atoms. The zero-order valence-corrected chi connectivity index (χ0v) is 12.9. The van der Waals surface area contributed by atoms with E-state index in [9.17, 15) is 4.39 Å². The molecule has 2 bridgehead atoms. The minimum absolute atomic E-state index is 0.0370. The highest BCUT2D eigenvalue weighted by Gasteiger charge is 2.40. The van der Waals surface area contributed by atoms with Gasteiger partial charge < -0.3 is 5.32 Å². The average Bonchev–Trinajstić information content (AvgIpc) is 2.98. The molecule has 2 aliphatic rings. The van der Waals surface area contributed by atoms with Gasteiger partial charge in [-0.05, 0) is 81.5 Å². The van der Waals surface area contributed by atoms with Crippen LogP contribution in [0.3, 0.4) is 0 Å². The lowest BCUT2D eigenvalue weighted by atomic mass is 9.82. The number of nitrogens with one attached hydrogen (secondary N) is 1. The van der Waals surface area contributed by atoms with Crippen LogP contribution in [-0.4, -0.2) is 7.05 Å². The quantitative estimate of drug-likeness (QED) is 0.851. The number of halogens is 1. The molecule has 1 N–H and O–H groups in total. The Hall–Kier alpha value is -0.890. The van der Waals surface area contributed by atoms with Crippen molar-refractivity contribution in [3.8, 4) is 0 Å². The van der Waals surface area contributed by atoms with Crippen molar-refractivity contribution in [2.24, 2.45) is 17.8 Å². The van der Waals surface area contributed by atoms with Crippen LogP contribution in [0, 0.1) is 37.4 Å². The van der Waals surface area contributed by atoms with E-state index in [4.69, 9.17) is 0 Å². The summed E-state index contributed by atoms with van der Waals surface area (Å²) >= 11 is 0. The Labute approximate surface area is 122 Å². The Kier molecular flexibility index (Phi) is 3.85. The first-order valence-electron chi connectivity index (χ1n) is 8.02. The Morgan fingerprint density at radius 3 is 2.60 bits per heavy atom. The SMILES string of the molecule is CNC(CC1CC2CCC1C2)c1c(C)cc(C)cc1F. The lowest BCUT2D eigenvalue weighted by Gasteiger charge is -2.28. The van der Waals surface area contributed by atoms with Crippen LogP contribution in [0.15, 0.2) is 12.1 Å². The summed E-state index contributed by atoms with van der Waals surface area (Å²) in [5, 5.41) is 3.37. The third kappa shape index (κ3) is 2.50. The van der Waals surface area contributed by atoms with Crippen LogP contribution in [0.25, 0.3) is 0 Å². The molecule has 1 aromatic carbocycles. The summed E-state index contributed by atoms with van der Waals surface area (Å²) in [4.78, 5) is 0. The lowest BCUT2D eigenvalue weighted by Crippen LogP contribution is -2.24. The minimum Gasteiger partial charge on any atom is -0.313 e. The maximum Gasteiger partial charge on any atom is 0.128 e. The first-order chi connectivity index (χ1) is 9.58. The molecule has 1 nitrogen and oxygen atoms in total. The number of fused-ring (bicyclic) bond motifs is 2. The fourth-order valence-electron chi connectivity index (χ4n) is 4.72. The van der Waals surface area contributed by atoms with Gasteiger partial charge >= 0.3 is 0 Å². The highest BCUT2D eigenvalue weighted by atomic mass is 19.1. The van der Waals surface area contributed by atoms with E-state index >= 15 is 0 Å². The molecule has 1 aromatic rings. The van der Waals surface area contributed by atoms with Gasteiger partial charge in [0.15, 0.2) is 0 Å². The summed E-state index contributed by atoms with van der Waals surface area (Å²) in [5.41, 5.74) is 2.99. The second-order valence-electron chi connectivity index (χ2n) is 6.99. The van der Waals surface area contributed by atoms with Gasteiger partial charge in [-0.15, -0.1) is 0 Å². The van der Waals surface area contributed by atoms with Gasteiger partial charge in [0.05, 0.1) is 0 Å².